The van der Waals surface area contributed by atoms with Crippen molar-refractivity contribution < 1.29 is 17.2 Å². The van der Waals surface area contributed by atoms with Crippen LogP contribution in [-0.2, 0) is 19.4 Å². The third-order valence-corrected chi connectivity index (χ3v) is 3.95. The molecule has 0 atom stereocenters. The maximum Gasteiger partial charge on any atom is 0.176 e. The predicted octanol–water partition coefficient (Wildman–Crippen LogP) is -0.556. The minimum absolute atomic E-state index is 0. The van der Waals surface area contributed by atoms with E-state index in [1.54, 1.807) is 6.92 Å². The van der Waals surface area contributed by atoms with Gasteiger partial charge in [0.15, 0.2) is 5.78 Å². The van der Waals surface area contributed by atoms with Crippen molar-refractivity contribution in [3.05, 3.63) is 22.5 Å². The van der Waals surface area contributed by atoms with E-state index in [0.717, 1.165) is 31.6 Å². The first-order chi connectivity index (χ1) is 8.52. The summed E-state index contributed by atoms with van der Waals surface area (Å²) in [5.41, 5.74) is 5.05. The average molecular weight is 284 g/mol. The third kappa shape index (κ3) is 3.21. The molecule has 1 aromatic rings. The quantitative estimate of drug-likeness (QED) is 0.693. The summed E-state index contributed by atoms with van der Waals surface area (Å²) >= 11 is 0. The molecule has 0 aromatic carbocycles. The van der Waals surface area contributed by atoms with Crippen molar-refractivity contribution in [2.45, 2.75) is 46.1 Å². The molecule has 0 saturated carbocycles. The number of carbonyl (C=O) groups excluding carboxylic acids is 1. The zero-order valence-corrected chi connectivity index (χ0v) is 13.2. The zero-order chi connectivity index (χ0) is 13.3. The van der Waals surface area contributed by atoms with Gasteiger partial charge in [-0.1, -0.05) is 0 Å². The van der Waals surface area contributed by atoms with Crippen LogP contribution >= 0.6 is 0 Å². The van der Waals surface area contributed by atoms with Crippen LogP contribution in [0.2, 0.25) is 0 Å². The first kappa shape index (κ1) is 16.3. The molecule has 0 spiro atoms. The minimum Gasteiger partial charge on any atom is -1.00 e. The highest BCUT2D eigenvalue weighted by Crippen LogP contribution is 2.29. The van der Waals surface area contributed by atoms with Crippen molar-refractivity contribution in [2.24, 2.45) is 0 Å². The second-order valence-corrected chi connectivity index (χ2v) is 5.62. The van der Waals surface area contributed by atoms with Gasteiger partial charge in [-0.3, -0.25) is 4.79 Å². The zero-order valence-electron chi connectivity index (χ0n) is 12.4. The largest absolute Gasteiger partial charge is 1.00 e. The molecule has 1 aliphatic rings. The predicted molar refractivity (Wildman–Crippen MR) is 74.4 cm³/mol. The van der Waals surface area contributed by atoms with Crippen LogP contribution in [0.5, 0.6) is 0 Å². The summed E-state index contributed by atoms with van der Waals surface area (Å²) in [7, 11) is 4.16. The van der Waals surface area contributed by atoms with Crippen molar-refractivity contribution in [1.29, 1.82) is 0 Å². The Hall–Kier alpha value is -0.800. The number of Topliss-reactive ketones (excluding diaryl/α,β-unsaturated/α-hetero) is 1. The first-order valence-corrected chi connectivity index (χ1v) is 6.89. The number of hydrogen-bond donors (Lipinski definition) is 0. The highest BCUT2D eigenvalue weighted by Gasteiger charge is 2.23. The number of likely N-dealkylation sites (N-methyl/N-ethyl adjacent to an activating group) is 1. The van der Waals surface area contributed by atoms with Crippen molar-refractivity contribution in [2.75, 3.05) is 20.6 Å². The Morgan fingerprint density at radius 2 is 1.89 bits per heavy atom. The fourth-order valence-corrected chi connectivity index (χ4v) is 3.07. The third-order valence-electron chi connectivity index (χ3n) is 3.95. The minimum atomic E-state index is 0. The molecule has 0 radical (unpaired) electrons. The van der Waals surface area contributed by atoms with Gasteiger partial charge in [-0.15, -0.1) is 0 Å². The summed E-state index contributed by atoms with van der Waals surface area (Å²) in [5.74, 6) is 0.209. The van der Waals surface area contributed by atoms with E-state index in [1.807, 2.05) is 0 Å². The monoisotopic (exact) mass is 283 g/mol. The molecule has 0 fully saturated rings. The molecule has 0 bridgehead atoms. The van der Waals surface area contributed by atoms with Gasteiger partial charge in [0, 0.05) is 25.7 Å². The molecule has 0 aliphatic heterocycles. The molecule has 0 unspecified atom stereocenters. The number of nitrogens with zero attached hydrogens (tertiary/aromatic N) is 2. The van der Waals surface area contributed by atoms with E-state index in [-0.39, 0.29) is 18.2 Å². The first-order valence-electron chi connectivity index (χ1n) is 6.89. The number of rotatable bonds is 4. The Bertz CT molecular complexity index is 463. The topological polar surface area (TPSA) is 25.2 Å². The van der Waals surface area contributed by atoms with E-state index in [0.29, 0.717) is 0 Å². The van der Waals surface area contributed by atoms with Gasteiger partial charge < -0.3 is 21.9 Å². The van der Waals surface area contributed by atoms with Crippen LogP contribution in [0.15, 0.2) is 0 Å². The van der Waals surface area contributed by atoms with E-state index in [9.17, 15) is 4.79 Å². The van der Waals surface area contributed by atoms with Gasteiger partial charge in [0.2, 0.25) is 0 Å². The number of aromatic nitrogens is 1. The summed E-state index contributed by atoms with van der Waals surface area (Å²) < 4.78 is 2.28. The van der Waals surface area contributed by atoms with E-state index >= 15 is 0 Å². The smallest absolute Gasteiger partial charge is 0.176 e. The number of fused-ring (bicyclic) bond motifs is 1. The number of ketones is 1. The molecule has 108 valence electrons. The van der Waals surface area contributed by atoms with E-state index < -0.39 is 0 Å². The molecular formula is C15H24ClN2O-. The molecule has 4 heteroatoms. The SMILES string of the molecule is CC(=O)c1c(C)c2c(n1CCN(C)C)CCCC2.[Cl-]. The van der Waals surface area contributed by atoms with Crippen LogP contribution in [0.1, 0.15) is 47.1 Å². The Morgan fingerprint density at radius 3 is 2.47 bits per heavy atom. The maximum atomic E-state index is 11.9. The Morgan fingerprint density at radius 1 is 1.26 bits per heavy atom. The van der Waals surface area contributed by atoms with Crippen molar-refractivity contribution in [3.8, 4) is 0 Å². The maximum absolute atomic E-state index is 11.9. The van der Waals surface area contributed by atoms with Gasteiger partial charge in [-0.05, 0) is 57.8 Å². The normalized spacial score (nSPS) is 14.2. The lowest BCUT2D eigenvalue weighted by molar-refractivity contribution is -0.0000121. The van der Waals surface area contributed by atoms with Crippen molar-refractivity contribution in [1.82, 2.24) is 9.47 Å². The lowest BCUT2D eigenvalue weighted by atomic mass is 9.95. The molecule has 2 rings (SSSR count). The molecular weight excluding hydrogens is 260 g/mol. The van der Waals surface area contributed by atoms with Gasteiger partial charge in [0.25, 0.3) is 0 Å². The lowest BCUT2D eigenvalue weighted by Gasteiger charge is -2.18. The van der Waals surface area contributed by atoms with Crippen LogP contribution in [0, 0.1) is 6.92 Å². The second-order valence-electron chi connectivity index (χ2n) is 5.62. The van der Waals surface area contributed by atoms with Gasteiger partial charge in [-0.2, -0.15) is 0 Å². The van der Waals surface area contributed by atoms with Gasteiger partial charge >= 0.3 is 0 Å². The van der Waals surface area contributed by atoms with E-state index in [2.05, 4.69) is 30.5 Å². The molecule has 3 nitrogen and oxygen atoms in total. The standard InChI is InChI=1S/C15H24N2O.ClH/c1-11-13-7-5-6-8-14(13)17(10-9-16(3)4)15(11)12(2)18;/h5-10H2,1-4H3;1H/p-1. The highest BCUT2D eigenvalue weighted by molar-refractivity contribution is 5.94. The Balaban J connectivity index is 0.00000180. The summed E-state index contributed by atoms with van der Waals surface area (Å²) in [5, 5.41) is 0. The number of carbonyl (C=O) groups is 1. The van der Waals surface area contributed by atoms with Crippen molar-refractivity contribution in [3.63, 3.8) is 0 Å². The number of halogens is 1. The number of hydrogen-bond acceptors (Lipinski definition) is 2. The van der Waals surface area contributed by atoms with Crippen LogP contribution in [0.25, 0.3) is 0 Å². The molecule has 1 aliphatic carbocycles. The van der Waals surface area contributed by atoms with Gasteiger partial charge in [0.05, 0.1) is 5.69 Å². The van der Waals surface area contributed by atoms with E-state index in [1.165, 1.54) is 29.7 Å². The molecule has 0 N–H and O–H groups in total. The fraction of sp³-hybridized carbons (Fsp3) is 0.667. The molecule has 0 saturated heterocycles. The summed E-state index contributed by atoms with van der Waals surface area (Å²) in [4.78, 5) is 14.1. The summed E-state index contributed by atoms with van der Waals surface area (Å²) in [6.07, 6.45) is 4.81. The van der Waals surface area contributed by atoms with Crippen LogP contribution in [0.4, 0.5) is 0 Å². The average Bonchev–Trinajstić information content (AvgIpc) is 2.60. The fourth-order valence-electron chi connectivity index (χ4n) is 3.07. The van der Waals surface area contributed by atoms with Crippen LogP contribution in [0.3, 0.4) is 0 Å². The molecule has 19 heavy (non-hydrogen) atoms. The molecule has 1 heterocycles. The van der Waals surface area contributed by atoms with Crippen LogP contribution < -0.4 is 12.4 Å². The van der Waals surface area contributed by atoms with Gasteiger partial charge in [0.1, 0.15) is 0 Å². The Kier molecular flexibility index (Phi) is 5.63. The summed E-state index contributed by atoms with van der Waals surface area (Å²) in [6.45, 7) is 5.73. The Labute approximate surface area is 122 Å². The van der Waals surface area contributed by atoms with Gasteiger partial charge in [-0.25, -0.2) is 0 Å². The highest BCUT2D eigenvalue weighted by atomic mass is 35.5. The summed E-state index contributed by atoms with van der Waals surface area (Å²) in [6, 6.07) is 0. The van der Waals surface area contributed by atoms with Crippen LogP contribution in [-0.4, -0.2) is 35.9 Å². The van der Waals surface area contributed by atoms with Crippen molar-refractivity contribution >= 4 is 5.78 Å². The lowest BCUT2D eigenvalue weighted by Crippen LogP contribution is -3.00. The molecule has 0 amide bonds. The second kappa shape index (κ2) is 6.58. The molecule has 1 aromatic heterocycles. The van der Waals surface area contributed by atoms with E-state index in [4.69, 9.17) is 0 Å².